The highest BCUT2D eigenvalue weighted by molar-refractivity contribution is 7.92. The minimum Gasteiger partial charge on any atom is -0.354 e. The van der Waals surface area contributed by atoms with Crippen molar-refractivity contribution in [3.8, 4) is 0 Å². The van der Waals surface area contributed by atoms with Gasteiger partial charge in [-0.25, -0.2) is 12.8 Å². The Morgan fingerprint density at radius 3 is 2.20 bits per heavy atom. The average molecular weight is 506 g/mol. The predicted molar refractivity (Wildman–Crippen MR) is 137 cm³/mol. The van der Waals surface area contributed by atoms with Gasteiger partial charge in [0.25, 0.3) is 0 Å². The molecule has 0 unspecified atom stereocenters. The third kappa shape index (κ3) is 8.65. The zero-order valence-electron chi connectivity index (χ0n) is 21.0. The van der Waals surface area contributed by atoms with Gasteiger partial charge in [0, 0.05) is 26.1 Å². The Kier molecular flexibility index (Phi) is 10.7. The zero-order valence-corrected chi connectivity index (χ0v) is 21.8. The molecule has 2 rings (SSSR count). The number of carbonyl (C=O) groups is 2. The van der Waals surface area contributed by atoms with Crippen LogP contribution in [0.25, 0.3) is 0 Å². The minimum atomic E-state index is -3.54. The Morgan fingerprint density at radius 1 is 1.03 bits per heavy atom. The summed E-state index contributed by atoms with van der Waals surface area (Å²) >= 11 is 0. The number of hydrogen-bond donors (Lipinski definition) is 1. The second kappa shape index (κ2) is 13.2. The van der Waals surface area contributed by atoms with Crippen LogP contribution in [-0.2, 0) is 26.2 Å². The Labute approximate surface area is 208 Å². The highest BCUT2D eigenvalue weighted by Gasteiger charge is 2.28. The maximum absolute atomic E-state index is 13.4. The molecule has 1 atom stereocenters. The summed E-state index contributed by atoms with van der Waals surface area (Å²) in [7, 11) is -3.54. The van der Waals surface area contributed by atoms with E-state index < -0.39 is 16.1 Å². The minimum absolute atomic E-state index is 0.0661. The van der Waals surface area contributed by atoms with E-state index in [0.29, 0.717) is 24.2 Å². The molecule has 0 aliphatic heterocycles. The molecule has 9 heteroatoms. The highest BCUT2D eigenvalue weighted by atomic mass is 32.2. The fourth-order valence-corrected chi connectivity index (χ4v) is 4.75. The molecular formula is C26H36FN3O4S. The number of nitrogens with one attached hydrogen (secondary N) is 1. The van der Waals surface area contributed by atoms with Gasteiger partial charge in [0.15, 0.2) is 0 Å². The van der Waals surface area contributed by atoms with Crippen molar-refractivity contribution in [2.75, 3.05) is 23.7 Å². The van der Waals surface area contributed by atoms with Gasteiger partial charge in [-0.2, -0.15) is 0 Å². The number of aryl methyl sites for hydroxylation is 1. The first-order valence-corrected chi connectivity index (χ1v) is 13.8. The number of rotatable bonds is 13. The third-order valence-electron chi connectivity index (χ3n) is 5.68. The molecule has 2 aromatic carbocycles. The molecule has 0 aliphatic carbocycles. The molecule has 0 saturated heterocycles. The van der Waals surface area contributed by atoms with Gasteiger partial charge in [-0.15, -0.1) is 0 Å². The molecule has 1 N–H and O–H groups in total. The van der Waals surface area contributed by atoms with E-state index in [2.05, 4.69) is 5.32 Å². The first-order chi connectivity index (χ1) is 16.6. The first-order valence-electron chi connectivity index (χ1n) is 11.9. The number of benzene rings is 2. The number of sulfonamides is 1. The van der Waals surface area contributed by atoms with Crippen LogP contribution in [0.15, 0.2) is 48.5 Å². The van der Waals surface area contributed by atoms with E-state index in [4.69, 9.17) is 0 Å². The van der Waals surface area contributed by atoms with Crippen LogP contribution in [0.5, 0.6) is 0 Å². The summed E-state index contributed by atoms with van der Waals surface area (Å²) in [5.74, 6) is -0.872. The van der Waals surface area contributed by atoms with E-state index in [1.807, 2.05) is 32.9 Å². The molecule has 0 aliphatic rings. The van der Waals surface area contributed by atoms with Crippen molar-refractivity contribution in [3.63, 3.8) is 0 Å². The molecule has 7 nitrogen and oxygen atoms in total. The summed E-state index contributed by atoms with van der Waals surface area (Å²) in [6, 6.07) is 12.3. The number of anilines is 1. The summed E-state index contributed by atoms with van der Waals surface area (Å²) in [4.78, 5) is 27.6. The lowest BCUT2D eigenvalue weighted by atomic mass is 10.1. The number of hydrogen-bond acceptors (Lipinski definition) is 4. The Balaban J connectivity index is 2.18. The Morgan fingerprint density at radius 2 is 1.66 bits per heavy atom. The second-order valence-electron chi connectivity index (χ2n) is 8.64. The summed E-state index contributed by atoms with van der Waals surface area (Å²) in [6.07, 6.45) is 2.68. The van der Waals surface area contributed by atoms with Crippen LogP contribution in [0, 0.1) is 12.7 Å². The van der Waals surface area contributed by atoms with Crippen LogP contribution < -0.4 is 9.62 Å². The van der Waals surface area contributed by atoms with Crippen molar-refractivity contribution < 1.29 is 22.4 Å². The molecule has 0 aromatic heterocycles. The van der Waals surface area contributed by atoms with E-state index in [0.717, 1.165) is 18.2 Å². The fraction of sp³-hybridized carbons (Fsp3) is 0.462. The maximum atomic E-state index is 13.4. The van der Waals surface area contributed by atoms with Gasteiger partial charge in [-0.1, -0.05) is 43.7 Å². The quantitative estimate of drug-likeness (QED) is 0.446. The van der Waals surface area contributed by atoms with Crippen LogP contribution in [-0.4, -0.2) is 50.5 Å². The van der Waals surface area contributed by atoms with Gasteiger partial charge in [0.05, 0.1) is 11.9 Å². The predicted octanol–water partition coefficient (Wildman–Crippen LogP) is 4.01. The Bertz CT molecular complexity index is 1070. The van der Waals surface area contributed by atoms with Crippen LogP contribution in [0.1, 0.15) is 50.7 Å². The molecule has 0 heterocycles. The van der Waals surface area contributed by atoms with Crippen molar-refractivity contribution in [3.05, 3.63) is 65.5 Å². The fourth-order valence-electron chi connectivity index (χ4n) is 3.79. The van der Waals surface area contributed by atoms with Gasteiger partial charge in [-0.05, 0) is 56.0 Å². The first kappa shape index (κ1) is 28.3. The standard InChI is InChI=1S/C26H36FN3O4S/c1-5-17-28-26(32)24(6-2)29(19-21-11-13-22(27)14-12-21)25(31)8-7-18-30(35(4,33)34)23-15-9-20(3)10-16-23/h9-16,24H,5-8,17-19H2,1-4H3,(H,28,32)/t24-/m1/s1. The van der Waals surface area contributed by atoms with Crippen molar-refractivity contribution in [1.29, 1.82) is 0 Å². The normalized spacial score (nSPS) is 12.1. The van der Waals surface area contributed by atoms with Crippen molar-refractivity contribution in [1.82, 2.24) is 10.2 Å². The number of halogens is 1. The average Bonchev–Trinajstić information content (AvgIpc) is 2.81. The zero-order chi connectivity index (χ0) is 26.0. The SMILES string of the molecule is CCCNC(=O)[C@@H](CC)N(Cc1ccc(F)cc1)C(=O)CCCN(c1ccc(C)cc1)S(C)(=O)=O. The van der Waals surface area contributed by atoms with Crippen molar-refractivity contribution in [2.45, 2.75) is 59.0 Å². The van der Waals surface area contributed by atoms with Gasteiger partial charge < -0.3 is 10.2 Å². The highest BCUT2D eigenvalue weighted by Crippen LogP contribution is 2.20. The van der Waals surface area contributed by atoms with Crippen molar-refractivity contribution >= 4 is 27.5 Å². The van der Waals surface area contributed by atoms with E-state index >= 15 is 0 Å². The maximum Gasteiger partial charge on any atom is 0.242 e. The smallest absolute Gasteiger partial charge is 0.242 e. The van der Waals surface area contributed by atoms with E-state index in [1.54, 1.807) is 24.3 Å². The van der Waals surface area contributed by atoms with Crippen molar-refractivity contribution in [2.24, 2.45) is 0 Å². The van der Waals surface area contributed by atoms with E-state index in [9.17, 15) is 22.4 Å². The van der Waals surface area contributed by atoms with E-state index in [-0.39, 0.29) is 43.6 Å². The molecule has 2 amide bonds. The lowest BCUT2D eigenvalue weighted by Crippen LogP contribution is -2.49. The summed E-state index contributed by atoms with van der Waals surface area (Å²) in [5, 5.41) is 2.85. The number of carbonyl (C=O) groups excluding carboxylic acids is 2. The van der Waals surface area contributed by atoms with E-state index in [1.165, 1.54) is 21.3 Å². The topological polar surface area (TPSA) is 86.8 Å². The molecule has 0 fully saturated rings. The lowest BCUT2D eigenvalue weighted by molar-refractivity contribution is -0.141. The van der Waals surface area contributed by atoms with Gasteiger partial charge in [0.1, 0.15) is 11.9 Å². The summed E-state index contributed by atoms with van der Waals surface area (Å²) in [5.41, 5.74) is 2.26. The molecule has 35 heavy (non-hydrogen) atoms. The molecule has 0 radical (unpaired) electrons. The molecular weight excluding hydrogens is 469 g/mol. The Hall–Kier alpha value is -2.94. The van der Waals surface area contributed by atoms with Gasteiger partial charge >= 0.3 is 0 Å². The van der Waals surface area contributed by atoms with Crippen LogP contribution in [0.4, 0.5) is 10.1 Å². The van der Waals surface area contributed by atoms with Crippen LogP contribution >= 0.6 is 0 Å². The molecule has 0 spiro atoms. The lowest BCUT2D eigenvalue weighted by Gasteiger charge is -2.31. The monoisotopic (exact) mass is 505 g/mol. The molecule has 0 bridgehead atoms. The van der Waals surface area contributed by atoms with Crippen LogP contribution in [0.2, 0.25) is 0 Å². The summed E-state index contributed by atoms with van der Waals surface area (Å²) < 4.78 is 39.4. The van der Waals surface area contributed by atoms with Crippen LogP contribution in [0.3, 0.4) is 0 Å². The molecule has 2 aromatic rings. The van der Waals surface area contributed by atoms with Gasteiger partial charge in [-0.3, -0.25) is 13.9 Å². The summed E-state index contributed by atoms with van der Waals surface area (Å²) in [6.45, 7) is 6.51. The second-order valence-corrected chi connectivity index (χ2v) is 10.5. The number of nitrogens with zero attached hydrogens (tertiary/aromatic N) is 2. The number of amides is 2. The molecule has 192 valence electrons. The van der Waals surface area contributed by atoms with Gasteiger partial charge in [0.2, 0.25) is 21.8 Å². The largest absolute Gasteiger partial charge is 0.354 e. The molecule has 0 saturated carbocycles. The third-order valence-corrected chi connectivity index (χ3v) is 6.87.